The molecule has 0 aliphatic rings. The van der Waals surface area contributed by atoms with Crippen LogP contribution >= 0.6 is 24.0 Å². The van der Waals surface area contributed by atoms with E-state index in [1.165, 1.54) is 5.56 Å². The Balaban J connectivity index is 0.00000392. The molecule has 0 amide bonds. The van der Waals surface area contributed by atoms with Crippen LogP contribution in [0.25, 0.3) is 0 Å². The zero-order valence-corrected chi connectivity index (χ0v) is 19.7. The van der Waals surface area contributed by atoms with Crippen molar-refractivity contribution in [1.82, 2.24) is 15.8 Å². The summed E-state index contributed by atoms with van der Waals surface area (Å²) >= 11 is 0. The Morgan fingerprint density at radius 2 is 1.86 bits per heavy atom. The lowest BCUT2D eigenvalue weighted by Crippen LogP contribution is -2.38. The molecule has 0 saturated carbocycles. The average molecular weight is 500 g/mol. The van der Waals surface area contributed by atoms with Gasteiger partial charge in [-0.05, 0) is 43.9 Å². The van der Waals surface area contributed by atoms with Crippen LogP contribution in [0, 0.1) is 0 Å². The van der Waals surface area contributed by atoms with Crippen molar-refractivity contribution in [1.29, 1.82) is 0 Å². The van der Waals surface area contributed by atoms with Gasteiger partial charge in [-0.15, -0.1) is 24.0 Å². The zero-order chi connectivity index (χ0) is 19.5. The maximum Gasteiger partial charge on any atom is 0.191 e. The van der Waals surface area contributed by atoms with Crippen LogP contribution in [-0.2, 0) is 13.0 Å². The molecule has 0 unspecified atom stereocenters. The van der Waals surface area contributed by atoms with Crippen molar-refractivity contribution < 1.29 is 9.26 Å². The van der Waals surface area contributed by atoms with Gasteiger partial charge in [-0.3, -0.25) is 0 Å². The molecule has 6 nitrogen and oxygen atoms in total. The number of aromatic nitrogens is 1. The zero-order valence-electron chi connectivity index (χ0n) is 17.3. The van der Waals surface area contributed by atoms with Gasteiger partial charge >= 0.3 is 0 Å². The van der Waals surface area contributed by atoms with Crippen molar-refractivity contribution in [3.63, 3.8) is 0 Å². The first-order valence-corrected chi connectivity index (χ1v) is 9.80. The molecule has 0 radical (unpaired) electrons. The summed E-state index contributed by atoms with van der Waals surface area (Å²) in [6.45, 7) is 8.50. The third kappa shape index (κ3) is 7.69. The summed E-state index contributed by atoms with van der Waals surface area (Å²) in [5.41, 5.74) is 2.28. The van der Waals surface area contributed by atoms with Crippen LogP contribution in [0.15, 0.2) is 39.8 Å². The molecule has 2 rings (SSSR count). The molecular formula is C21H33IN4O2. The van der Waals surface area contributed by atoms with E-state index in [9.17, 15) is 0 Å². The van der Waals surface area contributed by atoms with E-state index in [1.54, 1.807) is 7.11 Å². The largest absolute Gasteiger partial charge is 0.497 e. The second-order valence-corrected chi connectivity index (χ2v) is 6.45. The van der Waals surface area contributed by atoms with Crippen molar-refractivity contribution in [3.05, 3.63) is 47.3 Å². The lowest BCUT2D eigenvalue weighted by atomic mass is 9.99. The SMILES string of the molecule is CCNC(=NCc1cc(C(CC)CC)no1)NCCc1ccc(OC)cc1.I. The number of methoxy groups -OCH3 is 1. The van der Waals surface area contributed by atoms with Gasteiger partial charge in [0, 0.05) is 25.1 Å². The second kappa shape index (κ2) is 13.4. The van der Waals surface area contributed by atoms with E-state index in [0.29, 0.717) is 12.5 Å². The third-order valence-electron chi connectivity index (χ3n) is 4.58. The predicted molar refractivity (Wildman–Crippen MR) is 125 cm³/mol. The van der Waals surface area contributed by atoms with E-state index in [0.717, 1.165) is 55.5 Å². The number of ether oxygens (including phenoxy) is 1. The quantitative estimate of drug-likeness (QED) is 0.286. The molecule has 2 aromatic rings. The number of halogens is 1. The number of guanidine groups is 1. The highest BCUT2D eigenvalue weighted by Crippen LogP contribution is 2.22. The normalized spacial score (nSPS) is 11.2. The summed E-state index contributed by atoms with van der Waals surface area (Å²) < 4.78 is 10.6. The first kappa shape index (κ1) is 24.3. The summed E-state index contributed by atoms with van der Waals surface area (Å²) in [6.07, 6.45) is 3.05. The van der Waals surface area contributed by atoms with Gasteiger partial charge < -0.3 is 19.9 Å². The summed E-state index contributed by atoms with van der Waals surface area (Å²) in [6, 6.07) is 10.2. The van der Waals surface area contributed by atoms with Gasteiger partial charge in [0.2, 0.25) is 0 Å². The first-order chi connectivity index (χ1) is 13.2. The number of benzene rings is 1. The van der Waals surface area contributed by atoms with Gasteiger partial charge in [-0.1, -0.05) is 31.1 Å². The Morgan fingerprint density at radius 3 is 2.46 bits per heavy atom. The van der Waals surface area contributed by atoms with Gasteiger partial charge in [0.15, 0.2) is 11.7 Å². The topological polar surface area (TPSA) is 71.7 Å². The number of hydrogen-bond donors (Lipinski definition) is 2. The first-order valence-electron chi connectivity index (χ1n) is 9.80. The van der Waals surface area contributed by atoms with Crippen LogP contribution in [0.2, 0.25) is 0 Å². The Hall–Kier alpha value is -1.77. The minimum Gasteiger partial charge on any atom is -0.497 e. The van der Waals surface area contributed by atoms with Crippen LogP contribution < -0.4 is 15.4 Å². The van der Waals surface area contributed by atoms with Crippen LogP contribution in [0.3, 0.4) is 0 Å². The van der Waals surface area contributed by atoms with Gasteiger partial charge in [0.1, 0.15) is 12.3 Å². The standard InChI is InChI=1S/C21H32N4O2.HI/c1-5-17(6-2)20-14-19(27-25-20)15-24-21(22-7-3)23-13-12-16-8-10-18(26-4)11-9-16;/h8-11,14,17H,5-7,12-13,15H2,1-4H3,(H2,22,23,24);1H. The number of rotatable bonds is 10. The fourth-order valence-electron chi connectivity index (χ4n) is 2.92. The summed E-state index contributed by atoms with van der Waals surface area (Å²) in [5, 5.41) is 10.8. The van der Waals surface area contributed by atoms with Crippen molar-refractivity contribution in [3.8, 4) is 5.75 Å². The van der Waals surface area contributed by atoms with E-state index >= 15 is 0 Å². The fourth-order valence-corrected chi connectivity index (χ4v) is 2.92. The Labute approximate surface area is 185 Å². The number of hydrogen-bond acceptors (Lipinski definition) is 4. The molecular weight excluding hydrogens is 467 g/mol. The molecule has 1 aromatic heterocycles. The lowest BCUT2D eigenvalue weighted by molar-refractivity contribution is 0.372. The molecule has 0 aliphatic heterocycles. The van der Waals surface area contributed by atoms with Gasteiger partial charge in [-0.25, -0.2) is 4.99 Å². The van der Waals surface area contributed by atoms with Gasteiger partial charge in [0.25, 0.3) is 0 Å². The smallest absolute Gasteiger partial charge is 0.191 e. The minimum atomic E-state index is 0. The molecule has 1 heterocycles. The maximum atomic E-state index is 5.45. The Bertz CT molecular complexity index is 697. The molecule has 28 heavy (non-hydrogen) atoms. The highest BCUT2D eigenvalue weighted by molar-refractivity contribution is 14.0. The van der Waals surface area contributed by atoms with Crippen molar-refractivity contribution in [2.24, 2.45) is 4.99 Å². The summed E-state index contributed by atoms with van der Waals surface area (Å²) in [5.74, 6) is 2.92. The van der Waals surface area contributed by atoms with E-state index in [4.69, 9.17) is 9.26 Å². The summed E-state index contributed by atoms with van der Waals surface area (Å²) in [7, 11) is 1.68. The molecule has 156 valence electrons. The number of aliphatic imine (C=N–C) groups is 1. The third-order valence-corrected chi connectivity index (χ3v) is 4.58. The van der Waals surface area contributed by atoms with Crippen LogP contribution in [-0.4, -0.2) is 31.3 Å². The van der Waals surface area contributed by atoms with Crippen LogP contribution in [0.5, 0.6) is 5.75 Å². The Kier molecular flexibility index (Phi) is 11.6. The molecule has 0 saturated heterocycles. The average Bonchev–Trinajstić information content (AvgIpc) is 3.16. The Morgan fingerprint density at radius 1 is 1.14 bits per heavy atom. The number of nitrogens with zero attached hydrogens (tertiary/aromatic N) is 2. The lowest BCUT2D eigenvalue weighted by Gasteiger charge is -2.11. The molecule has 2 N–H and O–H groups in total. The van der Waals surface area contributed by atoms with Crippen LogP contribution in [0.4, 0.5) is 0 Å². The van der Waals surface area contributed by atoms with E-state index < -0.39 is 0 Å². The highest BCUT2D eigenvalue weighted by atomic mass is 127. The monoisotopic (exact) mass is 500 g/mol. The van der Waals surface area contributed by atoms with Gasteiger partial charge in [0.05, 0.1) is 12.8 Å². The fraction of sp³-hybridized carbons (Fsp3) is 0.524. The molecule has 0 aliphatic carbocycles. The molecule has 0 fully saturated rings. The van der Waals surface area contributed by atoms with Gasteiger partial charge in [-0.2, -0.15) is 0 Å². The van der Waals surface area contributed by atoms with E-state index in [2.05, 4.69) is 53.7 Å². The van der Waals surface area contributed by atoms with E-state index in [-0.39, 0.29) is 24.0 Å². The molecule has 0 spiro atoms. The highest BCUT2D eigenvalue weighted by Gasteiger charge is 2.12. The predicted octanol–water partition coefficient (Wildman–Crippen LogP) is 4.50. The van der Waals surface area contributed by atoms with E-state index in [1.807, 2.05) is 18.2 Å². The maximum absolute atomic E-state index is 5.45. The van der Waals surface area contributed by atoms with Crippen molar-refractivity contribution in [2.75, 3.05) is 20.2 Å². The minimum absolute atomic E-state index is 0. The molecule has 1 aromatic carbocycles. The van der Waals surface area contributed by atoms with Crippen LogP contribution in [0.1, 0.15) is 56.5 Å². The second-order valence-electron chi connectivity index (χ2n) is 6.45. The number of nitrogens with one attached hydrogen (secondary N) is 2. The molecule has 7 heteroatoms. The summed E-state index contributed by atoms with van der Waals surface area (Å²) in [4.78, 5) is 4.61. The molecule has 0 bridgehead atoms. The van der Waals surface area contributed by atoms with Crippen molar-refractivity contribution in [2.45, 2.75) is 52.5 Å². The van der Waals surface area contributed by atoms with Crippen molar-refractivity contribution >= 4 is 29.9 Å². The molecule has 0 atom stereocenters.